The van der Waals surface area contributed by atoms with E-state index < -0.39 is 0 Å². The molecule has 3 nitrogen and oxygen atoms in total. The third-order valence-electron chi connectivity index (χ3n) is 2.16. The predicted molar refractivity (Wildman–Crippen MR) is 55.0 cm³/mol. The lowest BCUT2D eigenvalue weighted by atomic mass is 10.3. The molecule has 0 bridgehead atoms. The van der Waals surface area contributed by atoms with Crippen LogP contribution in [0.3, 0.4) is 0 Å². The Morgan fingerprint density at radius 3 is 2.79 bits per heavy atom. The third-order valence-corrected chi connectivity index (χ3v) is 2.16. The first-order valence-corrected chi connectivity index (χ1v) is 4.65. The quantitative estimate of drug-likeness (QED) is 0.719. The zero-order valence-electron chi connectivity index (χ0n) is 8.44. The van der Waals surface area contributed by atoms with Crippen LogP contribution in [0, 0.1) is 13.8 Å². The van der Waals surface area contributed by atoms with E-state index in [-0.39, 0.29) is 0 Å². The molecule has 0 saturated heterocycles. The van der Waals surface area contributed by atoms with Gasteiger partial charge >= 0.3 is 0 Å². The Hall–Kier alpha value is -1.64. The van der Waals surface area contributed by atoms with Crippen LogP contribution in [0.25, 0.3) is 0 Å². The predicted octanol–water partition coefficient (Wildman–Crippen LogP) is 1.94. The molecule has 2 aromatic rings. The Kier molecular flexibility index (Phi) is 2.31. The maximum atomic E-state index is 4.39. The summed E-state index contributed by atoms with van der Waals surface area (Å²) in [6.07, 6.45) is 3.65. The molecule has 0 amide bonds. The van der Waals surface area contributed by atoms with E-state index in [0.717, 1.165) is 12.2 Å². The number of rotatable bonds is 2. The number of hydrogen-bond acceptors (Lipinski definition) is 2. The average Bonchev–Trinajstić information content (AvgIpc) is 2.47. The molecule has 0 unspecified atom stereocenters. The SMILES string of the molecule is Cc1cc(C)n(Cc2cccnc2)n1. The first kappa shape index (κ1) is 8.94. The number of nitrogens with zero attached hydrogens (tertiary/aromatic N) is 3. The van der Waals surface area contributed by atoms with Gasteiger partial charge in [-0.15, -0.1) is 0 Å². The molecule has 0 saturated carbocycles. The van der Waals surface area contributed by atoms with Crippen molar-refractivity contribution in [1.82, 2.24) is 14.8 Å². The lowest BCUT2D eigenvalue weighted by Crippen LogP contribution is -2.03. The van der Waals surface area contributed by atoms with E-state index in [0.29, 0.717) is 0 Å². The average molecular weight is 187 g/mol. The van der Waals surface area contributed by atoms with Crippen molar-refractivity contribution in [2.75, 3.05) is 0 Å². The minimum Gasteiger partial charge on any atom is -0.265 e. The second-order valence-electron chi connectivity index (χ2n) is 3.45. The van der Waals surface area contributed by atoms with Crippen molar-refractivity contribution >= 4 is 0 Å². The van der Waals surface area contributed by atoms with E-state index >= 15 is 0 Å². The Balaban J connectivity index is 2.23. The highest BCUT2D eigenvalue weighted by atomic mass is 15.3. The summed E-state index contributed by atoms with van der Waals surface area (Å²) >= 11 is 0. The Bertz CT molecular complexity index is 417. The molecule has 2 aromatic heterocycles. The Morgan fingerprint density at radius 1 is 1.36 bits per heavy atom. The maximum absolute atomic E-state index is 4.39. The number of hydrogen-bond donors (Lipinski definition) is 0. The van der Waals surface area contributed by atoms with Gasteiger partial charge in [-0.3, -0.25) is 9.67 Å². The van der Waals surface area contributed by atoms with E-state index in [1.54, 1.807) is 6.20 Å². The minimum absolute atomic E-state index is 0.799. The second-order valence-corrected chi connectivity index (χ2v) is 3.45. The van der Waals surface area contributed by atoms with Gasteiger partial charge in [-0.25, -0.2) is 0 Å². The lowest BCUT2D eigenvalue weighted by molar-refractivity contribution is 0.657. The number of aryl methyl sites for hydroxylation is 2. The summed E-state index contributed by atoms with van der Waals surface area (Å²) < 4.78 is 1.99. The van der Waals surface area contributed by atoms with Crippen molar-refractivity contribution in [1.29, 1.82) is 0 Å². The summed E-state index contributed by atoms with van der Waals surface area (Å²) in [5.74, 6) is 0. The van der Waals surface area contributed by atoms with E-state index in [1.165, 1.54) is 11.3 Å². The molecule has 0 radical (unpaired) electrons. The number of aromatic nitrogens is 3. The van der Waals surface area contributed by atoms with Crippen LogP contribution in [0.1, 0.15) is 17.0 Å². The molecule has 0 N–H and O–H groups in total. The Labute approximate surface area is 83.4 Å². The summed E-state index contributed by atoms with van der Waals surface area (Å²) in [7, 11) is 0. The zero-order chi connectivity index (χ0) is 9.97. The van der Waals surface area contributed by atoms with Crippen LogP contribution in [0.15, 0.2) is 30.6 Å². The van der Waals surface area contributed by atoms with Crippen LogP contribution < -0.4 is 0 Å². The molecule has 2 rings (SSSR count). The molecule has 0 spiro atoms. The largest absolute Gasteiger partial charge is 0.265 e. The van der Waals surface area contributed by atoms with Gasteiger partial charge in [0.25, 0.3) is 0 Å². The van der Waals surface area contributed by atoms with Crippen molar-refractivity contribution < 1.29 is 0 Å². The summed E-state index contributed by atoms with van der Waals surface area (Å²) in [4.78, 5) is 4.08. The highest BCUT2D eigenvalue weighted by Crippen LogP contribution is 2.05. The van der Waals surface area contributed by atoms with Crippen molar-refractivity contribution in [3.8, 4) is 0 Å². The van der Waals surface area contributed by atoms with Crippen LogP contribution in [0.2, 0.25) is 0 Å². The molecule has 72 valence electrons. The second kappa shape index (κ2) is 3.62. The molecule has 0 aromatic carbocycles. The molecular weight excluding hydrogens is 174 g/mol. The van der Waals surface area contributed by atoms with Crippen LogP contribution in [-0.2, 0) is 6.54 Å². The molecule has 0 aliphatic carbocycles. The van der Waals surface area contributed by atoms with E-state index in [4.69, 9.17) is 0 Å². The van der Waals surface area contributed by atoms with Crippen LogP contribution in [0.4, 0.5) is 0 Å². The normalized spacial score (nSPS) is 10.4. The van der Waals surface area contributed by atoms with Crippen molar-refractivity contribution in [3.63, 3.8) is 0 Å². The molecule has 3 heteroatoms. The van der Waals surface area contributed by atoms with Gasteiger partial charge in [0, 0.05) is 18.1 Å². The van der Waals surface area contributed by atoms with Crippen molar-refractivity contribution in [2.24, 2.45) is 0 Å². The zero-order valence-corrected chi connectivity index (χ0v) is 8.44. The standard InChI is InChI=1S/C11H13N3/c1-9-6-10(2)14(13-9)8-11-4-3-5-12-7-11/h3-7H,8H2,1-2H3. The molecule has 0 fully saturated rings. The van der Waals surface area contributed by atoms with Gasteiger partial charge in [-0.05, 0) is 31.5 Å². The maximum Gasteiger partial charge on any atom is 0.0677 e. The smallest absolute Gasteiger partial charge is 0.0677 e. The van der Waals surface area contributed by atoms with Gasteiger partial charge < -0.3 is 0 Å². The van der Waals surface area contributed by atoms with Gasteiger partial charge in [0.1, 0.15) is 0 Å². The first-order chi connectivity index (χ1) is 6.75. The molecule has 0 atom stereocenters. The van der Waals surface area contributed by atoms with Crippen LogP contribution in [0.5, 0.6) is 0 Å². The highest BCUT2D eigenvalue weighted by Gasteiger charge is 2.00. The van der Waals surface area contributed by atoms with E-state index in [1.807, 2.05) is 23.9 Å². The molecule has 0 aliphatic heterocycles. The molecule has 14 heavy (non-hydrogen) atoms. The van der Waals surface area contributed by atoms with Crippen LogP contribution >= 0.6 is 0 Å². The third kappa shape index (κ3) is 1.82. The van der Waals surface area contributed by atoms with E-state index in [2.05, 4.69) is 29.1 Å². The van der Waals surface area contributed by atoms with Gasteiger partial charge in [0.2, 0.25) is 0 Å². The lowest BCUT2D eigenvalue weighted by Gasteiger charge is -2.03. The van der Waals surface area contributed by atoms with Gasteiger partial charge in [0.05, 0.1) is 12.2 Å². The molecular formula is C11H13N3. The summed E-state index contributed by atoms with van der Waals surface area (Å²) in [6.45, 7) is 4.87. The highest BCUT2D eigenvalue weighted by molar-refractivity contribution is 5.12. The van der Waals surface area contributed by atoms with Crippen LogP contribution in [-0.4, -0.2) is 14.8 Å². The molecule has 0 aliphatic rings. The Morgan fingerprint density at radius 2 is 2.21 bits per heavy atom. The summed E-state index contributed by atoms with van der Waals surface area (Å²) in [5, 5.41) is 4.39. The topological polar surface area (TPSA) is 30.7 Å². The fourth-order valence-electron chi connectivity index (χ4n) is 1.50. The summed E-state index contributed by atoms with van der Waals surface area (Å²) in [5.41, 5.74) is 3.43. The van der Waals surface area contributed by atoms with Crippen molar-refractivity contribution in [3.05, 3.63) is 47.5 Å². The van der Waals surface area contributed by atoms with Gasteiger partial charge in [-0.1, -0.05) is 6.07 Å². The monoisotopic (exact) mass is 187 g/mol. The minimum atomic E-state index is 0.799. The van der Waals surface area contributed by atoms with E-state index in [9.17, 15) is 0 Å². The fraction of sp³-hybridized carbons (Fsp3) is 0.273. The van der Waals surface area contributed by atoms with Crippen molar-refractivity contribution in [2.45, 2.75) is 20.4 Å². The van der Waals surface area contributed by atoms with Gasteiger partial charge in [-0.2, -0.15) is 5.10 Å². The van der Waals surface area contributed by atoms with Gasteiger partial charge in [0.15, 0.2) is 0 Å². The molecule has 2 heterocycles. The fourth-order valence-corrected chi connectivity index (χ4v) is 1.50. The number of pyridine rings is 1. The first-order valence-electron chi connectivity index (χ1n) is 4.65. The summed E-state index contributed by atoms with van der Waals surface area (Å²) in [6, 6.07) is 6.08.